The maximum absolute atomic E-state index is 11.3. The Labute approximate surface area is 83.3 Å². The molecule has 1 amide bonds. The largest absolute Gasteiger partial charge is 0.474 e. The molecule has 1 saturated heterocycles. The molecule has 1 heterocycles. The molecule has 0 radical (unpaired) electrons. The SMILES string of the molecule is CC1CN(C)CCCN1C(=O)C(=O)O. The quantitative estimate of drug-likeness (QED) is 0.542. The Balaban J connectivity index is 2.67. The van der Waals surface area contributed by atoms with Gasteiger partial charge in [0.2, 0.25) is 0 Å². The lowest BCUT2D eigenvalue weighted by Gasteiger charge is -2.26. The van der Waals surface area contributed by atoms with Crippen LogP contribution in [-0.2, 0) is 9.59 Å². The molecule has 1 aliphatic heterocycles. The monoisotopic (exact) mass is 200 g/mol. The fraction of sp³-hybridized carbons (Fsp3) is 0.778. The van der Waals surface area contributed by atoms with Crippen molar-refractivity contribution < 1.29 is 14.7 Å². The summed E-state index contributed by atoms with van der Waals surface area (Å²) in [6.07, 6.45) is 0.833. The average molecular weight is 200 g/mol. The minimum Gasteiger partial charge on any atom is -0.474 e. The van der Waals surface area contributed by atoms with Crippen molar-refractivity contribution in [1.82, 2.24) is 9.80 Å². The Morgan fingerprint density at radius 2 is 2.00 bits per heavy atom. The van der Waals surface area contributed by atoms with E-state index in [0.717, 1.165) is 19.5 Å². The summed E-state index contributed by atoms with van der Waals surface area (Å²) in [6.45, 7) is 4.06. The third-order valence-corrected chi connectivity index (χ3v) is 2.49. The summed E-state index contributed by atoms with van der Waals surface area (Å²) in [5.41, 5.74) is 0. The molecule has 0 aliphatic carbocycles. The van der Waals surface area contributed by atoms with E-state index in [9.17, 15) is 9.59 Å². The number of aliphatic carboxylic acids is 1. The molecule has 1 atom stereocenters. The first-order valence-electron chi connectivity index (χ1n) is 4.75. The molecular weight excluding hydrogens is 184 g/mol. The predicted molar refractivity (Wildman–Crippen MR) is 50.9 cm³/mol. The van der Waals surface area contributed by atoms with Crippen LogP contribution in [0.2, 0.25) is 0 Å². The number of likely N-dealkylation sites (N-methyl/N-ethyl adjacent to an activating group) is 1. The minimum absolute atomic E-state index is 0.0221. The second-order valence-corrected chi connectivity index (χ2v) is 3.77. The number of carbonyl (C=O) groups excluding carboxylic acids is 1. The van der Waals surface area contributed by atoms with Gasteiger partial charge in [-0.1, -0.05) is 0 Å². The molecule has 14 heavy (non-hydrogen) atoms. The summed E-state index contributed by atoms with van der Waals surface area (Å²) < 4.78 is 0. The van der Waals surface area contributed by atoms with E-state index in [4.69, 9.17) is 5.11 Å². The van der Waals surface area contributed by atoms with Gasteiger partial charge < -0.3 is 14.9 Å². The molecule has 1 rings (SSSR count). The molecule has 0 aromatic rings. The molecule has 1 unspecified atom stereocenters. The second-order valence-electron chi connectivity index (χ2n) is 3.77. The van der Waals surface area contributed by atoms with Gasteiger partial charge in [-0.15, -0.1) is 0 Å². The minimum atomic E-state index is -1.36. The molecule has 0 aromatic heterocycles. The van der Waals surface area contributed by atoms with Crippen LogP contribution in [0.5, 0.6) is 0 Å². The second kappa shape index (κ2) is 4.41. The Morgan fingerprint density at radius 3 is 2.57 bits per heavy atom. The maximum atomic E-state index is 11.3. The zero-order valence-corrected chi connectivity index (χ0v) is 8.56. The maximum Gasteiger partial charge on any atom is 0.394 e. The number of carbonyl (C=O) groups is 2. The van der Waals surface area contributed by atoms with Crippen LogP contribution in [0.1, 0.15) is 13.3 Å². The molecular formula is C9H16N2O3. The van der Waals surface area contributed by atoms with E-state index in [0.29, 0.717) is 6.54 Å². The van der Waals surface area contributed by atoms with Crippen molar-refractivity contribution in [2.45, 2.75) is 19.4 Å². The molecule has 1 N–H and O–H groups in total. The summed E-state index contributed by atoms with van der Waals surface area (Å²) in [6, 6.07) is -0.0221. The third kappa shape index (κ3) is 2.45. The van der Waals surface area contributed by atoms with Crippen molar-refractivity contribution in [3.63, 3.8) is 0 Å². The third-order valence-electron chi connectivity index (χ3n) is 2.49. The van der Waals surface area contributed by atoms with Crippen LogP contribution in [0, 0.1) is 0 Å². The lowest BCUT2D eigenvalue weighted by Crippen LogP contribution is -2.45. The number of hydrogen-bond acceptors (Lipinski definition) is 3. The van der Waals surface area contributed by atoms with E-state index in [2.05, 4.69) is 4.90 Å². The number of rotatable bonds is 0. The smallest absolute Gasteiger partial charge is 0.394 e. The molecule has 0 saturated carbocycles. The summed E-state index contributed by atoms with van der Waals surface area (Å²) >= 11 is 0. The summed E-state index contributed by atoms with van der Waals surface area (Å²) in [7, 11) is 1.98. The van der Waals surface area contributed by atoms with Crippen LogP contribution in [0.25, 0.3) is 0 Å². The molecule has 1 aliphatic rings. The number of nitrogens with zero attached hydrogens (tertiary/aromatic N) is 2. The molecule has 0 aromatic carbocycles. The van der Waals surface area contributed by atoms with E-state index < -0.39 is 11.9 Å². The van der Waals surface area contributed by atoms with Gasteiger partial charge in [-0.25, -0.2) is 4.79 Å². The van der Waals surface area contributed by atoms with E-state index in [1.165, 1.54) is 4.90 Å². The lowest BCUT2D eigenvalue weighted by atomic mass is 10.2. The van der Waals surface area contributed by atoms with E-state index in [-0.39, 0.29) is 6.04 Å². The topological polar surface area (TPSA) is 60.9 Å². The van der Waals surface area contributed by atoms with Crippen molar-refractivity contribution in [1.29, 1.82) is 0 Å². The zero-order chi connectivity index (χ0) is 10.7. The van der Waals surface area contributed by atoms with Crippen LogP contribution < -0.4 is 0 Å². The molecule has 5 nitrogen and oxygen atoms in total. The van der Waals surface area contributed by atoms with Gasteiger partial charge in [-0.05, 0) is 26.9 Å². The van der Waals surface area contributed by atoms with Gasteiger partial charge in [0.05, 0.1) is 0 Å². The van der Waals surface area contributed by atoms with Gasteiger partial charge in [0.1, 0.15) is 0 Å². The van der Waals surface area contributed by atoms with Gasteiger partial charge in [0.15, 0.2) is 0 Å². The van der Waals surface area contributed by atoms with Crippen LogP contribution >= 0.6 is 0 Å². The molecule has 0 bridgehead atoms. The summed E-state index contributed by atoms with van der Waals surface area (Å²) in [5.74, 6) is -2.14. The molecule has 1 fully saturated rings. The lowest BCUT2D eigenvalue weighted by molar-refractivity contribution is -0.156. The highest BCUT2D eigenvalue weighted by molar-refractivity contribution is 6.31. The first-order valence-corrected chi connectivity index (χ1v) is 4.75. The highest BCUT2D eigenvalue weighted by atomic mass is 16.4. The van der Waals surface area contributed by atoms with Gasteiger partial charge in [0.25, 0.3) is 0 Å². The van der Waals surface area contributed by atoms with Crippen LogP contribution in [-0.4, -0.2) is 59.5 Å². The summed E-state index contributed by atoms with van der Waals surface area (Å²) in [4.78, 5) is 25.4. The van der Waals surface area contributed by atoms with Crippen molar-refractivity contribution >= 4 is 11.9 Å². The van der Waals surface area contributed by atoms with Gasteiger partial charge in [0, 0.05) is 19.1 Å². The van der Waals surface area contributed by atoms with Crippen molar-refractivity contribution in [3.8, 4) is 0 Å². The number of hydrogen-bond donors (Lipinski definition) is 1. The Bertz CT molecular complexity index is 242. The fourth-order valence-corrected chi connectivity index (χ4v) is 1.80. The standard InChI is InChI=1S/C9H16N2O3/c1-7-6-10(2)4-3-5-11(7)8(12)9(13)14/h7H,3-6H2,1-2H3,(H,13,14). The molecule has 80 valence electrons. The Kier molecular flexibility index (Phi) is 3.46. The van der Waals surface area contributed by atoms with Gasteiger partial charge in [-0.3, -0.25) is 4.79 Å². The normalized spacial score (nSPS) is 24.4. The number of carboxylic acid groups (broad SMARTS) is 1. The highest BCUT2D eigenvalue weighted by Crippen LogP contribution is 2.08. The van der Waals surface area contributed by atoms with Crippen molar-refractivity contribution in [2.75, 3.05) is 26.7 Å². The van der Waals surface area contributed by atoms with Crippen LogP contribution in [0.3, 0.4) is 0 Å². The average Bonchev–Trinajstić information content (AvgIpc) is 2.25. The van der Waals surface area contributed by atoms with Gasteiger partial charge >= 0.3 is 11.9 Å². The van der Waals surface area contributed by atoms with E-state index >= 15 is 0 Å². The molecule has 0 spiro atoms. The number of carboxylic acids is 1. The van der Waals surface area contributed by atoms with E-state index in [1.54, 1.807) is 0 Å². The van der Waals surface area contributed by atoms with Crippen LogP contribution in [0.15, 0.2) is 0 Å². The number of amides is 1. The van der Waals surface area contributed by atoms with Crippen molar-refractivity contribution in [3.05, 3.63) is 0 Å². The Hall–Kier alpha value is -1.10. The first-order chi connectivity index (χ1) is 6.52. The van der Waals surface area contributed by atoms with Gasteiger partial charge in [-0.2, -0.15) is 0 Å². The predicted octanol–water partition coefficient (Wildman–Crippen LogP) is -0.376. The zero-order valence-electron chi connectivity index (χ0n) is 8.56. The van der Waals surface area contributed by atoms with Crippen molar-refractivity contribution in [2.24, 2.45) is 0 Å². The fourth-order valence-electron chi connectivity index (χ4n) is 1.80. The Morgan fingerprint density at radius 1 is 1.36 bits per heavy atom. The summed E-state index contributed by atoms with van der Waals surface area (Å²) in [5, 5.41) is 8.60. The first kappa shape index (κ1) is 11.0. The highest BCUT2D eigenvalue weighted by Gasteiger charge is 2.27. The van der Waals surface area contributed by atoms with Crippen LogP contribution in [0.4, 0.5) is 0 Å². The van der Waals surface area contributed by atoms with E-state index in [1.807, 2.05) is 14.0 Å². The molecule has 5 heteroatoms.